The van der Waals surface area contributed by atoms with E-state index in [1.165, 1.54) is 0 Å². The number of hydrogen-bond donors (Lipinski definition) is 0. The zero-order chi connectivity index (χ0) is 14.7. The van der Waals surface area contributed by atoms with E-state index in [9.17, 15) is 4.79 Å². The topological polar surface area (TPSA) is 23.6 Å². The first-order chi connectivity index (χ1) is 8.57. The molecular formula is C16H32N2O. The van der Waals surface area contributed by atoms with Gasteiger partial charge >= 0.3 is 0 Å². The molecule has 1 fully saturated rings. The van der Waals surface area contributed by atoms with Gasteiger partial charge in [-0.25, -0.2) is 0 Å². The zero-order valence-electron chi connectivity index (χ0n) is 13.8. The lowest BCUT2D eigenvalue weighted by molar-refractivity contribution is -0.133. The highest BCUT2D eigenvalue weighted by Crippen LogP contribution is 2.22. The van der Waals surface area contributed by atoms with Crippen LogP contribution in [-0.2, 0) is 4.79 Å². The van der Waals surface area contributed by atoms with Crippen LogP contribution in [0.3, 0.4) is 0 Å². The molecule has 1 saturated heterocycles. The molecule has 3 nitrogen and oxygen atoms in total. The van der Waals surface area contributed by atoms with Gasteiger partial charge in [0.15, 0.2) is 0 Å². The van der Waals surface area contributed by atoms with E-state index in [1.807, 2.05) is 4.90 Å². The second-order valence-electron chi connectivity index (χ2n) is 8.28. The molecule has 0 N–H and O–H groups in total. The number of nitrogens with zero attached hydrogens (tertiary/aromatic N) is 2. The first kappa shape index (κ1) is 16.5. The van der Waals surface area contributed by atoms with Gasteiger partial charge in [0.25, 0.3) is 0 Å². The Bertz CT molecular complexity index is 291. The van der Waals surface area contributed by atoms with Gasteiger partial charge in [0.1, 0.15) is 0 Å². The van der Waals surface area contributed by atoms with Crippen LogP contribution < -0.4 is 0 Å². The van der Waals surface area contributed by atoms with Gasteiger partial charge in [0, 0.05) is 39.1 Å². The molecule has 0 aromatic rings. The van der Waals surface area contributed by atoms with Gasteiger partial charge in [-0.05, 0) is 17.3 Å². The molecule has 0 aromatic heterocycles. The third-order valence-electron chi connectivity index (χ3n) is 3.51. The second-order valence-corrected chi connectivity index (χ2v) is 8.28. The number of piperazine rings is 1. The number of carbonyl (C=O) groups excluding carboxylic acids is 1. The summed E-state index contributed by atoms with van der Waals surface area (Å²) in [7, 11) is 0. The van der Waals surface area contributed by atoms with E-state index in [-0.39, 0.29) is 5.41 Å². The van der Waals surface area contributed by atoms with Crippen LogP contribution in [0.15, 0.2) is 0 Å². The van der Waals surface area contributed by atoms with E-state index < -0.39 is 0 Å². The van der Waals surface area contributed by atoms with Gasteiger partial charge in [-0.1, -0.05) is 41.5 Å². The van der Waals surface area contributed by atoms with Crippen molar-refractivity contribution in [3.63, 3.8) is 0 Å². The van der Waals surface area contributed by atoms with Crippen molar-refractivity contribution >= 4 is 5.91 Å². The standard InChI is InChI=1S/C16H32N2O/c1-15(2,3)8-7-14(19)18-11-9-17(10-12-18)13-16(4,5)6/h7-13H2,1-6H3. The van der Waals surface area contributed by atoms with Crippen LogP contribution in [0.2, 0.25) is 0 Å². The number of rotatable bonds is 3. The van der Waals surface area contributed by atoms with Gasteiger partial charge in [0.05, 0.1) is 0 Å². The zero-order valence-corrected chi connectivity index (χ0v) is 13.8. The van der Waals surface area contributed by atoms with Crippen molar-refractivity contribution in [2.75, 3.05) is 32.7 Å². The summed E-state index contributed by atoms with van der Waals surface area (Å²) in [5, 5.41) is 0. The summed E-state index contributed by atoms with van der Waals surface area (Å²) in [5.41, 5.74) is 0.599. The Balaban J connectivity index is 2.31. The Labute approximate surface area is 119 Å². The maximum Gasteiger partial charge on any atom is 0.222 e. The molecule has 19 heavy (non-hydrogen) atoms. The molecule has 1 heterocycles. The lowest BCUT2D eigenvalue weighted by Gasteiger charge is -2.38. The summed E-state index contributed by atoms with van der Waals surface area (Å²) < 4.78 is 0. The normalized spacial score (nSPS) is 18.7. The molecule has 1 amide bonds. The highest BCUT2D eigenvalue weighted by Gasteiger charge is 2.24. The molecule has 0 bridgehead atoms. The molecule has 0 radical (unpaired) electrons. The van der Waals surface area contributed by atoms with Gasteiger partial charge in [-0.15, -0.1) is 0 Å². The molecule has 0 unspecified atom stereocenters. The predicted molar refractivity (Wildman–Crippen MR) is 81.2 cm³/mol. The summed E-state index contributed by atoms with van der Waals surface area (Å²) in [5.74, 6) is 0.338. The molecule has 0 atom stereocenters. The number of amides is 1. The highest BCUT2D eigenvalue weighted by atomic mass is 16.2. The van der Waals surface area contributed by atoms with Crippen LogP contribution in [0.1, 0.15) is 54.4 Å². The largest absolute Gasteiger partial charge is 0.340 e. The minimum absolute atomic E-state index is 0.254. The molecule has 1 aliphatic heterocycles. The van der Waals surface area contributed by atoms with Gasteiger partial charge in [-0.2, -0.15) is 0 Å². The van der Waals surface area contributed by atoms with Gasteiger partial charge in [0.2, 0.25) is 5.91 Å². The Morgan fingerprint density at radius 1 is 0.895 bits per heavy atom. The minimum Gasteiger partial charge on any atom is -0.340 e. The van der Waals surface area contributed by atoms with Crippen LogP contribution in [0.5, 0.6) is 0 Å². The average molecular weight is 268 g/mol. The molecule has 0 saturated carbocycles. The Hall–Kier alpha value is -0.570. The van der Waals surface area contributed by atoms with Crippen LogP contribution in [0, 0.1) is 10.8 Å². The fraction of sp³-hybridized carbons (Fsp3) is 0.938. The van der Waals surface area contributed by atoms with E-state index in [0.717, 1.165) is 39.1 Å². The molecule has 0 spiro atoms. The van der Waals surface area contributed by atoms with Crippen molar-refractivity contribution < 1.29 is 4.79 Å². The third-order valence-corrected chi connectivity index (χ3v) is 3.51. The fourth-order valence-corrected chi connectivity index (χ4v) is 2.47. The summed E-state index contributed by atoms with van der Waals surface area (Å²) in [6.45, 7) is 18.4. The van der Waals surface area contributed by atoms with Crippen molar-refractivity contribution in [3.8, 4) is 0 Å². The fourth-order valence-electron chi connectivity index (χ4n) is 2.47. The van der Waals surface area contributed by atoms with E-state index in [1.54, 1.807) is 0 Å². The maximum atomic E-state index is 12.1. The van der Waals surface area contributed by atoms with E-state index in [0.29, 0.717) is 17.7 Å². The van der Waals surface area contributed by atoms with E-state index in [2.05, 4.69) is 46.4 Å². The lowest BCUT2D eigenvalue weighted by atomic mass is 9.90. The Morgan fingerprint density at radius 2 is 1.42 bits per heavy atom. The molecule has 3 heteroatoms. The van der Waals surface area contributed by atoms with Gasteiger partial charge in [-0.3, -0.25) is 9.69 Å². The smallest absolute Gasteiger partial charge is 0.222 e. The SMILES string of the molecule is CC(C)(C)CCC(=O)N1CCN(CC(C)(C)C)CC1. The summed E-state index contributed by atoms with van der Waals surface area (Å²) >= 11 is 0. The summed E-state index contributed by atoms with van der Waals surface area (Å²) in [6.07, 6.45) is 1.68. The molecule has 0 aromatic carbocycles. The summed E-state index contributed by atoms with van der Waals surface area (Å²) in [4.78, 5) is 16.7. The minimum atomic E-state index is 0.254. The van der Waals surface area contributed by atoms with Crippen molar-refractivity contribution in [1.82, 2.24) is 9.80 Å². The third kappa shape index (κ3) is 6.95. The Kier molecular flexibility index (Phi) is 5.43. The lowest BCUT2D eigenvalue weighted by Crippen LogP contribution is -2.50. The predicted octanol–water partition coefficient (Wildman–Crippen LogP) is 3.00. The van der Waals surface area contributed by atoms with Crippen molar-refractivity contribution in [2.24, 2.45) is 10.8 Å². The van der Waals surface area contributed by atoms with Crippen molar-refractivity contribution in [3.05, 3.63) is 0 Å². The molecular weight excluding hydrogens is 236 g/mol. The maximum absolute atomic E-state index is 12.1. The molecule has 1 rings (SSSR count). The number of carbonyl (C=O) groups is 1. The monoisotopic (exact) mass is 268 g/mol. The Morgan fingerprint density at radius 3 is 1.84 bits per heavy atom. The number of hydrogen-bond acceptors (Lipinski definition) is 2. The summed E-state index contributed by atoms with van der Waals surface area (Å²) in [6, 6.07) is 0. The molecule has 0 aliphatic carbocycles. The van der Waals surface area contributed by atoms with Crippen LogP contribution >= 0.6 is 0 Å². The average Bonchev–Trinajstić information content (AvgIpc) is 2.23. The molecule has 112 valence electrons. The molecule has 1 aliphatic rings. The van der Waals surface area contributed by atoms with Gasteiger partial charge < -0.3 is 4.90 Å². The van der Waals surface area contributed by atoms with E-state index in [4.69, 9.17) is 0 Å². The van der Waals surface area contributed by atoms with Crippen molar-refractivity contribution in [1.29, 1.82) is 0 Å². The quantitative estimate of drug-likeness (QED) is 0.785. The second kappa shape index (κ2) is 6.25. The van der Waals surface area contributed by atoms with E-state index >= 15 is 0 Å². The highest BCUT2D eigenvalue weighted by molar-refractivity contribution is 5.76. The first-order valence-corrected chi connectivity index (χ1v) is 7.57. The van der Waals surface area contributed by atoms with Crippen LogP contribution in [-0.4, -0.2) is 48.4 Å². The van der Waals surface area contributed by atoms with Crippen molar-refractivity contribution in [2.45, 2.75) is 54.4 Å². The first-order valence-electron chi connectivity index (χ1n) is 7.57. The van der Waals surface area contributed by atoms with Crippen LogP contribution in [0.25, 0.3) is 0 Å². The van der Waals surface area contributed by atoms with Crippen LogP contribution in [0.4, 0.5) is 0 Å².